The Hall–Kier alpha value is -1.55. The minimum Gasteiger partial charge on any atom is -0.493 e. The van der Waals surface area contributed by atoms with Crippen molar-refractivity contribution in [2.45, 2.75) is 37.6 Å². The van der Waals surface area contributed by atoms with Crippen molar-refractivity contribution >= 4 is 5.91 Å². The van der Waals surface area contributed by atoms with Gasteiger partial charge in [-0.3, -0.25) is 4.79 Å². The van der Waals surface area contributed by atoms with Crippen LogP contribution in [0.4, 0.5) is 0 Å². The maximum atomic E-state index is 12.3. The van der Waals surface area contributed by atoms with E-state index in [0.29, 0.717) is 6.61 Å². The van der Waals surface area contributed by atoms with Gasteiger partial charge in [-0.15, -0.1) is 0 Å². The Bertz CT molecular complexity index is 471. The maximum Gasteiger partial charge on any atom is 0.227 e. The normalized spacial score (nSPS) is 20.9. The summed E-state index contributed by atoms with van der Waals surface area (Å²) in [5.41, 5.74) is 1.02. The van der Waals surface area contributed by atoms with Crippen LogP contribution < -0.4 is 15.4 Å². The monoisotopic (exact) mass is 274 g/mol. The van der Waals surface area contributed by atoms with Gasteiger partial charge in [0.05, 0.1) is 12.5 Å². The van der Waals surface area contributed by atoms with Crippen molar-refractivity contribution in [3.05, 3.63) is 29.8 Å². The van der Waals surface area contributed by atoms with E-state index in [1.165, 1.54) is 12.8 Å². The zero-order valence-electron chi connectivity index (χ0n) is 11.7. The van der Waals surface area contributed by atoms with Crippen LogP contribution in [0.5, 0.6) is 5.75 Å². The highest BCUT2D eigenvalue weighted by atomic mass is 16.5. The molecule has 1 amide bonds. The number of ether oxygens (including phenoxy) is 1. The van der Waals surface area contributed by atoms with E-state index in [1.54, 1.807) is 0 Å². The van der Waals surface area contributed by atoms with Gasteiger partial charge in [0, 0.05) is 18.2 Å². The SMILES string of the molecule is O=C(NCCCNC1CC1)C1CCOc2ccccc21. The maximum absolute atomic E-state index is 12.3. The van der Waals surface area contributed by atoms with Crippen LogP contribution >= 0.6 is 0 Å². The van der Waals surface area contributed by atoms with Crippen molar-refractivity contribution in [3.63, 3.8) is 0 Å². The molecule has 20 heavy (non-hydrogen) atoms. The lowest BCUT2D eigenvalue weighted by Gasteiger charge is -2.25. The van der Waals surface area contributed by atoms with Gasteiger partial charge in [0.1, 0.15) is 5.75 Å². The number of carbonyl (C=O) groups excluding carboxylic acids is 1. The summed E-state index contributed by atoms with van der Waals surface area (Å²) < 4.78 is 5.59. The highest BCUT2D eigenvalue weighted by Crippen LogP contribution is 2.33. The van der Waals surface area contributed by atoms with Crippen LogP contribution in [0.1, 0.15) is 37.2 Å². The molecule has 108 valence electrons. The summed E-state index contributed by atoms with van der Waals surface area (Å²) in [5.74, 6) is 0.929. The second-order valence-corrected chi connectivity index (χ2v) is 5.60. The zero-order chi connectivity index (χ0) is 13.8. The number of nitrogens with one attached hydrogen (secondary N) is 2. The van der Waals surface area contributed by atoms with Crippen LogP contribution in [0, 0.1) is 0 Å². The average Bonchev–Trinajstić information content (AvgIpc) is 3.30. The van der Waals surface area contributed by atoms with Crippen molar-refractivity contribution in [3.8, 4) is 5.75 Å². The minimum absolute atomic E-state index is 0.0589. The summed E-state index contributed by atoms with van der Waals surface area (Å²) in [5, 5.41) is 6.51. The molecule has 1 aromatic rings. The Morgan fingerprint density at radius 3 is 2.90 bits per heavy atom. The van der Waals surface area contributed by atoms with E-state index in [2.05, 4.69) is 10.6 Å². The first kappa shape index (κ1) is 13.4. The van der Waals surface area contributed by atoms with E-state index >= 15 is 0 Å². The van der Waals surface area contributed by atoms with Gasteiger partial charge in [-0.05, 0) is 38.3 Å². The lowest BCUT2D eigenvalue weighted by atomic mass is 9.92. The summed E-state index contributed by atoms with van der Waals surface area (Å²) in [6, 6.07) is 8.59. The summed E-state index contributed by atoms with van der Waals surface area (Å²) >= 11 is 0. The summed E-state index contributed by atoms with van der Waals surface area (Å²) in [4.78, 5) is 12.3. The van der Waals surface area contributed by atoms with Crippen LogP contribution in [0.2, 0.25) is 0 Å². The second-order valence-electron chi connectivity index (χ2n) is 5.60. The van der Waals surface area contributed by atoms with Crippen molar-refractivity contribution in [2.75, 3.05) is 19.7 Å². The predicted octanol–water partition coefficient (Wildman–Crippen LogP) is 1.81. The molecule has 1 saturated carbocycles. The molecule has 0 spiro atoms. The molecule has 1 aliphatic carbocycles. The van der Waals surface area contributed by atoms with Crippen molar-refractivity contribution in [2.24, 2.45) is 0 Å². The molecule has 4 heteroatoms. The molecule has 2 N–H and O–H groups in total. The summed E-state index contributed by atoms with van der Waals surface area (Å²) in [6.45, 7) is 2.37. The van der Waals surface area contributed by atoms with Crippen LogP contribution in [0.25, 0.3) is 0 Å². The first-order valence-corrected chi connectivity index (χ1v) is 7.57. The molecule has 1 unspecified atom stereocenters. The van der Waals surface area contributed by atoms with Crippen molar-refractivity contribution < 1.29 is 9.53 Å². The fraction of sp³-hybridized carbons (Fsp3) is 0.562. The number of hydrogen-bond acceptors (Lipinski definition) is 3. The Kier molecular flexibility index (Phi) is 4.21. The van der Waals surface area contributed by atoms with Gasteiger partial charge in [-0.25, -0.2) is 0 Å². The van der Waals surface area contributed by atoms with E-state index in [-0.39, 0.29) is 11.8 Å². The smallest absolute Gasteiger partial charge is 0.227 e. The van der Waals surface area contributed by atoms with Crippen LogP contribution in [0.15, 0.2) is 24.3 Å². The van der Waals surface area contributed by atoms with Gasteiger partial charge in [0.15, 0.2) is 0 Å². The lowest BCUT2D eigenvalue weighted by molar-refractivity contribution is -0.123. The topological polar surface area (TPSA) is 50.4 Å². The van der Waals surface area contributed by atoms with Gasteiger partial charge < -0.3 is 15.4 Å². The molecule has 1 heterocycles. The van der Waals surface area contributed by atoms with Crippen LogP contribution in [-0.4, -0.2) is 31.6 Å². The molecular weight excluding hydrogens is 252 g/mol. The number of para-hydroxylation sites is 1. The molecule has 2 aliphatic rings. The fourth-order valence-corrected chi connectivity index (χ4v) is 2.63. The largest absolute Gasteiger partial charge is 0.493 e. The lowest BCUT2D eigenvalue weighted by Crippen LogP contribution is -2.34. The van der Waals surface area contributed by atoms with Crippen molar-refractivity contribution in [1.82, 2.24) is 10.6 Å². The molecule has 1 aliphatic heterocycles. The van der Waals surface area contributed by atoms with E-state index < -0.39 is 0 Å². The second kappa shape index (κ2) is 6.27. The van der Waals surface area contributed by atoms with E-state index in [9.17, 15) is 4.79 Å². The highest BCUT2D eigenvalue weighted by molar-refractivity contribution is 5.84. The molecule has 1 aromatic carbocycles. The van der Waals surface area contributed by atoms with Gasteiger partial charge in [-0.2, -0.15) is 0 Å². The predicted molar refractivity (Wildman–Crippen MR) is 77.9 cm³/mol. The Morgan fingerprint density at radius 1 is 1.20 bits per heavy atom. The van der Waals surface area contributed by atoms with E-state index in [4.69, 9.17) is 4.74 Å². The minimum atomic E-state index is -0.0589. The van der Waals surface area contributed by atoms with Crippen molar-refractivity contribution in [1.29, 1.82) is 0 Å². The number of fused-ring (bicyclic) bond motifs is 1. The number of benzene rings is 1. The van der Waals surface area contributed by atoms with Crippen LogP contribution in [-0.2, 0) is 4.79 Å². The van der Waals surface area contributed by atoms with Crippen LogP contribution in [0.3, 0.4) is 0 Å². The zero-order valence-corrected chi connectivity index (χ0v) is 11.7. The summed E-state index contributed by atoms with van der Waals surface area (Å²) in [6.07, 6.45) is 4.38. The number of hydrogen-bond donors (Lipinski definition) is 2. The third kappa shape index (κ3) is 3.31. The third-order valence-electron chi connectivity index (χ3n) is 3.94. The Balaban J connectivity index is 1.47. The standard InChI is InChI=1S/C16H22N2O2/c19-16(18-10-3-9-17-12-6-7-12)14-8-11-20-15-5-2-1-4-13(14)15/h1-2,4-5,12,14,17H,3,6-11H2,(H,18,19). The molecule has 3 rings (SSSR count). The first-order valence-electron chi connectivity index (χ1n) is 7.57. The average molecular weight is 274 g/mol. The molecule has 0 radical (unpaired) electrons. The highest BCUT2D eigenvalue weighted by Gasteiger charge is 2.27. The molecule has 0 saturated heterocycles. The summed E-state index contributed by atoms with van der Waals surface area (Å²) in [7, 11) is 0. The molecule has 4 nitrogen and oxygen atoms in total. The third-order valence-corrected chi connectivity index (χ3v) is 3.94. The van der Waals surface area contributed by atoms with Gasteiger partial charge in [0.2, 0.25) is 5.91 Å². The molecule has 1 atom stereocenters. The Morgan fingerprint density at radius 2 is 2.05 bits per heavy atom. The number of amides is 1. The Labute approximate surface area is 119 Å². The number of carbonyl (C=O) groups is 1. The quantitative estimate of drug-likeness (QED) is 0.778. The number of rotatable bonds is 6. The molecule has 0 bridgehead atoms. The van der Waals surface area contributed by atoms with Gasteiger partial charge >= 0.3 is 0 Å². The fourth-order valence-electron chi connectivity index (χ4n) is 2.63. The van der Waals surface area contributed by atoms with E-state index in [0.717, 1.165) is 43.3 Å². The van der Waals surface area contributed by atoms with E-state index in [1.807, 2.05) is 24.3 Å². The molecular formula is C16H22N2O2. The molecule has 0 aromatic heterocycles. The van der Waals surface area contributed by atoms with Gasteiger partial charge in [0.25, 0.3) is 0 Å². The first-order chi connectivity index (χ1) is 9.84. The molecule has 1 fully saturated rings. The van der Waals surface area contributed by atoms with Gasteiger partial charge in [-0.1, -0.05) is 18.2 Å².